The molecule has 3 N–H and O–H groups in total. The number of rotatable bonds is 13. The second-order valence-corrected chi connectivity index (χ2v) is 10.6. The average molecular weight is 530 g/mol. The highest BCUT2D eigenvalue weighted by molar-refractivity contribution is 9.10. The molecule has 0 fully saturated rings. The minimum absolute atomic E-state index is 0.166. The minimum Gasteiger partial charge on any atom is -0.387 e. The SMILES string of the molecule is Cc1cc(CSCCN/C(=C/[N+](=O)[O-])NCC(O)c2cccc(Br)c2)sc1CN(C)C. The van der Waals surface area contributed by atoms with E-state index >= 15 is 0 Å². The van der Waals surface area contributed by atoms with Gasteiger partial charge >= 0.3 is 0 Å². The van der Waals surface area contributed by atoms with E-state index < -0.39 is 11.0 Å². The van der Waals surface area contributed by atoms with E-state index in [1.807, 2.05) is 35.6 Å². The van der Waals surface area contributed by atoms with E-state index in [1.165, 1.54) is 15.3 Å². The topological polar surface area (TPSA) is 90.7 Å². The number of nitrogens with one attached hydrogen (secondary N) is 2. The van der Waals surface area contributed by atoms with Crippen molar-refractivity contribution in [2.45, 2.75) is 25.3 Å². The lowest BCUT2D eigenvalue weighted by Crippen LogP contribution is -2.31. The molecular weight excluding hydrogens is 500 g/mol. The molecule has 1 unspecified atom stereocenters. The molecule has 0 saturated carbocycles. The third-order valence-electron chi connectivity index (χ3n) is 4.29. The Morgan fingerprint density at radius 3 is 2.84 bits per heavy atom. The van der Waals surface area contributed by atoms with Gasteiger partial charge in [0.1, 0.15) is 0 Å². The van der Waals surface area contributed by atoms with E-state index in [4.69, 9.17) is 0 Å². The van der Waals surface area contributed by atoms with Crippen molar-refractivity contribution in [3.63, 3.8) is 0 Å². The summed E-state index contributed by atoms with van der Waals surface area (Å²) in [5.41, 5.74) is 2.06. The number of hydrogen-bond acceptors (Lipinski definition) is 8. The van der Waals surface area contributed by atoms with Crippen LogP contribution in [0.3, 0.4) is 0 Å². The normalized spacial score (nSPS) is 12.8. The maximum Gasteiger partial charge on any atom is 0.274 e. The van der Waals surface area contributed by atoms with Crippen LogP contribution in [0.2, 0.25) is 0 Å². The van der Waals surface area contributed by atoms with Gasteiger partial charge in [0.15, 0.2) is 5.82 Å². The average Bonchev–Trinajstić information content (AvgIpc) is 3.03. The molecule has 0 aliphatic rings. The van der Waals surface area contributed by atoms with Crippen molar-refractivity contribution >= 4 is 39.0 Å². The largest absolute Gasteiger partial charge is 0.387 e. The quantitative estimate of drug-likeness (QED) is 0.205. The van der Waals surface area contributed by atoms with Crippen LogP contribution in [-0.4, -0.2) is 47.9 Å². The fourth-order valence-corrected chi connectivity index (χ4v) is 5.51. The van der Waals surface area contributed by atoms with Crippen molar-refractivity contribution in [1.29, 1.82) is 0 Å². The maximum absolute atomic E-state index is 10.9. The second-order valence-electron chi connectivity index (χ2n) is 7.32. The molecule has 0 aliphatic carbocycles. The molecule has 0 spiro atoms. The summed E-state index contributed by atoms with van der Waals surface area (Å²) in [6, 6.07) is 9.59. The Morgan fingerprint density at radius 2 is 2.16 bits per heavy atom. The number of halogens is 1. The summed E-state index contributed by atoms with van der Waals surface area (Å²) >= 11 is 7.01. The third kappa shape index (κ3) is 9.61. The Bertz CT molecular complexity index is 889. The highest BCUT2D eigenvalue weighted by Crippen LogP contribution is 2.26. The zero-order valence-electron chi connectivity index (χ0n) is 17.9. The van der Waals surface area contributed by atoms with E-state index in [9.17, 15) is 15.2 Å². The van der Waals surface area contributed by atoms with Crippen LogP contribution in [-0.2, 0) is 12.3 Å². The monoisotopic (exact) mass is 528 g/mol. The van der Waals surface area contributed by atoms with Gasteiger partial charge in [-0.3, -0.25) is 10.1 Å². The predicted molar refractivity (Wildman–Crippen MR) is 133 cm³/mol. The van der Waals surface area contributed by atoms with Gasteiger partial charge in [-0.15, -0.1) is 11.3 Å². The first-order valence-corrected chi connectivity index (χ1v) is 12.6. The van der Waals surface area contributed by atoms with Gasteiger partial charge in [0.05, 0.1) is 11.0 Å². The Morgan fingerprint density at radius 1 is 1.39 bits per heavy atom. The fourth-order valence-electron chi connectivity index (χ4n) is 2.83. The molecule has 0 radical (unpaired) electrons. The van der Waals surface area contributed by atoms with Gasteiger partial charge in [-0.25, -0.2) is 0 Å². The second kappa shape index (κ2) is 13.1. The minimum atomic E-state index is -0.776. The van der Waals surface area contributed by atoms with Gasteiger partial charge in [-0.05, 0) is 50.3 Å². The Labute approximate surface area is 200 Å². The number of hydrogen-bond donors (Lipinski definition) is 3. The number of thioether (sulfide) groups is 1. The number of thiophene rings is 1. The molecule has 0 amide bonds. The molecule has 2 rings (SSSR count). The van der Waals surface area contributed by atoms with Crippen LogP contribution >= 0.6 is 39.0 Å². The first-order chi connectivity index (χ1) is 14.7. The lowest BCUT2D eigenvalue weighted by molar-refractivity contribution is -0.404. The van der Waals surface area contributed by atoms with E-state index in [2.05, 4.69) is 58.5 Å². The summed E-state index contributed by atoms with van der Waals surface area (Å²) in [4.78, 5) is 15.3. The number of aliphatic hydroxyl groups excluding tert-OH is 1. The third-order valence-corrected chi connectivity index (χ3v) is 7.20. The zero-order valence-corrected chi connectivity index (χ0v) is 21.1. The van der Waals surface area contributed by atoms with Crippen LogP contribution in [0, 0.1) is 17.0 Å². The molecule has 1 aromatic heterocycles. The molecule has 1 heterocycles. The van der Waals surface area contributed by atoms with Gasteiger partial charge in [-0.2, -0.15) is 11.8 Å². The van der Waals surface area contributed by atoms with Crippen molar-refractivity contribution < 1.29 is 10.0 Å². The summed E-state index contributed by atoms with van der Waals surface area (Å²) in [5, 5.41) is 27.3. The van der Waals surface area contributed by atoms with E-state index in [0.717, 1.165) is 34.3 Å². The summed E-state index contributed by atoms with van der Waals surface area (Å²) in [6.45, 7) is 3.85. The maximum atomic E-state index is 10.9. The summed E-state index contributed by atoms with van der Waals surface area (Å²) in [7, 11) is 4.14. The Kier molecular flexibility index (Phi) is 10.8. The molecule has 2 aromatic rings. The van der Waals surface area contributed by atoms with Crippen molar-refractivity contribution in [2.75, 3.05) is 32.9 Å². The number of aliphatic hydroxyl groups is 1. The summed E-state index contributed by atoms with van der Waals surface area (Å²) in [5.74, 6) is 2.02. The van der Waals surface area contributed by atoms with Crippen molar-refractivity contribution in [3.8, 4) is 0 Å². The van der Waals surface area contributed by atoms with Gasteiger partial charge in [0.2, 0.25) is 0 Å². The van der Waals surface area contributed by atoms with Gasteiger partial charge in [0, 0.05) is 45.4 Å². The van der Waals surface area contributed by atoms with Gasteiger partial charge in [0.25, 0.3) is 6.20 Å². The molecule has 0 bridgehead atoms. The Balaban J connectivity index is 1.77. The number of aryl methyl sites for hydroxylation is 1. The van der Waals surface area contributed by atoms with Gasteiger partial charge in [-0.1, -0.05) is 28.1 Å². The van der Waals surface area contributed by atoms with E-state index in [0.29, 0.717) is 12.4 Å². The van der Waals surface area contributed by atoms with Crippen LogP contribution in [0.15, 0.2) is 46.8 Å². The molecular formula is C21H29BrN4O3S2. The lowest BCUT2D eigenvalue weighted by atomic mass is 10.1. The molecule has 0 aliphatic heterocycles. The molecule has 31 heavy (non-hydrogen) atoms. The molecule has 1 aromatic carbocycles. The zero-order chi connectivity index (χ0) is 22.8. The smallest absolute Gasteiger partial charge is 0.274 e. The molecule has 10 heteroatoms. The standard InChI is InChI=1S/C21H29BrN4O3S2/c1-15-9-18(31-20(15)12-25(2)3)14-30-8-7-23-21(13-26(28)29)24-11-19(27)16-5-4-6-17(22)10-16/h4-6,9-10,13,19,23-24,27H,7-8,11-12,14H2,1-3H3/b21-13-. The summed E-state index contributed by atoms with van der Waals surface area (Å²) in [6.07, 6.45) is 0.122. The Hall–Kier alpha value is -1.59. The number of nitrogens with zero attached hydrogens (tertiary/aromatic N) is 2. The number of benzene rings is 1. The van der Waals surface area contributed by atoms with Crippen molar-refractivity contribution in [3.05, 3.63) is 77.8 Å². The van der Waals surface area contributed by atoms with Crippen LogP contribution in [0.5, 0.6) is 0 Å². The number of nitro groups is 1. The van der Waals surface area contributed by atoms with Crippen LogP contribution in [0.4, 0.5) is 0 Å². The van der Waals surface area contributed by atoms with Crippen molar-refractivity contribution in [1.82, 2.24) is 15.5 Å². The van der Waals surface area contributed by atoms with Crippen molar-refractivity contribution in [2.24, 2.45) is 0 Å². The van der Waals surface area contributed by atoms with Gasteiger partial charge < -0.3 is 20.6 Å². The molecule has 170 valence electrons. The van der Waals surface area contributed by atoms with E-state index in [-0.39, 0.29) is 6.54 Å². The highest BCUT2D eigenvalue weighted by Gasteiger charge is 2.11. The van der Waals surface area contributed by atoms with Crippen LogP contribution < -0.4 is 10.6 Å². The predicted octanol–water partition coefficient (Wildman–Crippen LogP) is 4.10. The van der Waals surface area contributed by atoms with Crippen LogP contribution in [0.1, 0.15) is 27.0 Å². The van der Waals surface area contributed by atoms with Crippen LogP contribution in [0.25, 0.3) is 0 Å². The first-order valence-electron chi connectivity index (χ1n) is 9.82. The summed E-state index contributed by atoms with van der Waals surface area (Å²) < 4.78 is 0.870. The molecule has 7 nitrogen and oxygen atoms in total. The lowest BCUT2D eigenvalue weighted by Gasteiger charge is -2.15. The fraction of sp³-hybridized carbons (Fsp3) is 0.429. The highest BCUT2D eigenvalue weighted by atomic mass is 79.9. The molecule has 1 atom stereocenters. The molecule has 0 saturated heterocycles. The first kappa shape index (κ1) is 25.7. The van der Waals surface area contributed by atoms with E-state index in [1.54, 1.807) is 11.8 Å².